The lowest BCUT2D eigenvalue weighted by molar-refractivity contribution is 0.0661. The van der Waals surface area contributed by atoms with Crippen molar-refractivity contribution in [2.45, 2.75) is 45.8 Å². The summed E-state index contributed by atoms with van der Waals surface area (Å²) in [7, 11) is 0. The summed E-state index contributed by atoms with van der Waals surface area (Å²) in [5.41, 5.74) is 0. The molecule has 1 fully saturated rings. The molecule has 3 heteroatoms. The van der Waals surface area contributed by atoms with Gasteiger partial charge in [0.1, 0.15) is 11.9 Å². The fraction of sp³-hybridized carbons (Fsp3) is 0.750. The summed E-state index contributed by atoms with van der Waals surface area (Å²) in [6.45, 7) is 5.96. The Bertz CT molecular complexity index is 304. The highest BCUT2D eigenvalue weighted by Crippen LogP contribution is 2.29. The van der Waals surface area contributed by atoms with Crippen molar-refractivity contribution in [3.63, 3.8) is 0 Å². The van der Waals surface area contributed by atoms with Crippen molar-refractivity contribution in [2.24, 2.45) is 5.92 Å². The number of rotatable bonds is 5. The molecule has 0 N–H and O–H groups in total. The van der Waals surface area contributed by atoms with Gasteiger partial charge in [0, 0.05) is 25.5 Å². The molecular formula is C12H20N2O. The molecule has 1 aliphatic rings. The first-order valence-corrected chi connectivity index (χ1v) is 5.94. The van der Waals surface area contributed by atoms with Gasteiger partial charge in [-0.05, 0) is 32.6 Å². The van der Waals surface area contributed by atoms with Gasteiger partial charge in [0.2, 0.25) is 0 Å². The van der Waals surface area contributed by atoms with Crippen molar-refractivity contribution in [3.05, 3.63) is 18.2 Å². The van der Waals surface area contributed by atoms with E-state index in [1.54, 1.807) is 0 Å². The maximum Gasteiger partial charge on any atom is 0.137 e. The fourth-order valence-corrected chi connectivity index (χ4v) is 2.11. The Kier molecular flexibility index (Phi) is 3.41. The van der Waals surface area contributed by atoms with Crippen LogP contribution in [-0.4, -0.2) is 16.2 Å². The molecule has 1 aromatic rings. The molecule has 1 saturated carbocycles. The van der Waals surface area contributed by atoms with Crippen molar-refractivity contribution in [2.75, 3.05) is 6.61 Å². The van der Waals surface area contributed by atoms with E-state index in [0.29, 0.717) is 0 Å². The Morgan fingerprint density at radius 3 is 3.00 bits per heavy atom. The van der Waals surface area contributed by atoms with Gasteiger partial charge in [0.05, 0.1) is 0 Å². The highest BCUT2D eigenvalue weighted by atomic mass is 16.5. The standard InChI is InChI=1S/C12H20N2O/c1-3-15-10(2)12-13-7-8-14(12)9-11-5-4-6-11/h7-8,10-11H,3-6,9H2,1-2H3/t10-/m1/s1. The molecule has 0 spiro atoms. The Hall–Kier alpha value is -0.830. The van der Waals surface area contributed by atoms with E-state index in [1.807, 2.05) is 13.1 Å². The second-order valence-corrected chi connectivity index (χ2v) is 4.33. The van der Waals surface area contributed by atoms with Crippen LogP contribution in [-0.2, 0) is 11.3 Å². The van der Waals surface area contributed by atoms with Gasteiger partial charge in [-0.15, -0.1) is 0 Å². The van der Waals surface area contributed by atoms with Crippen molar-refractivity contribution < 1.29 is 4.74 Å². The molecule has 0 aromatic carbocycles. The number of hydrogen-bond donors (Lipinski definition) is 0. The van der Waals surface area contributed by atoms with Gasteiger partial charge in [-0.1, -0.05) is 6.42 Å². The van der Waals surface area contributed by atoms with E-state index in [2.05, 4.69) is 22.7 Å². The van der Waals surface area contributed by atoms with Crippen LogP contribution >= 0.6 is 0 Å². The van der Waals surface area contributed by atoms with Crippen molar-refractivity contribution >= 4 is 0 Å². The minimum atomic E-state index is 0.116. The third-order valence-electron chi connectivity index (χ3n) is 3.21. The van der Waals surface area contributed by atoms with Crippen LogP contribution in [0.25, 0.3) is 0 Å². The first kappa shape index (κ1) is 10.7. The second kappa shape index (κ2) is 4.79. The lowest BCUT2D eigenvalue weighted by atomic mass is 9.85. The predicted octanol–water partition coefficient (Wildman–Crippen LogP) is 2.78. The van der Waals surface area contributed by atoms with Gasteiger partial charge in [-0.2, -0.15) is 0 Å². The zero-order chi connectivity index (χ0) is 10.7. The highest BCUT2D eigenvalue weighted by Gasteiger charge is 2.20. The summed E-state index contributed by atoms with van der Waals surface area (Å²) in [6, 6.07) is 0. The Morgan fingerprint density at radius 2 is 2.40 bits per heavy atom. The number of ether oxygens (including phenoxy) is 1. The lowest BCUT2D eigenvalue weighted by Crippen LogP contribution is -2.20. The molecule has 3 nitrogen and oxygen atoms in total. The lowest BCUT2D eigenvalue weighted by Gasteiger charge is -2.27. The molecule has 0 unspecified atom stereocenters. The molecule has 1 aromatic heterocycles. The fourth-order valence-electron chi connectivity index (χ4n) is 2.11. The summed E-state index contributed by atoms with van der Waals surface area (Å²) in [5.74, 6) is 1.94. The normalized spacial score (nSPS) is 18.8. The van der Waals surface area contributed by atoms with Crippen LogP contribution in [0.5, 0.6) is 0 Å². The molecule has 0 saturated heterocycles. The Labute approximate surface area is 91.5 Å². The van der Waals surface area contributed by atoms with Crippen LogP contribution in [0.4, 0.5) is 0 Å². The van der Waals surface area contributed by atoms with Gasteiger partial charge >= 0.3 is 0 Å². The SMILES string of the molecule is CCO[C@H](C)c1nccn1CC1CCC1. The van der Waals surface area contributed by atoms with Crippen LogP contribution in [0.15, 0.2) is 12.4 Å². The van der Waals surface area contributed by atoms with Gasteiger partial charge < -0.3 is 9.30 Å². The van der Waals surface area contributed by atoms with Crippen LogP contribution in [0.2, 0.25) is 0 Å². The van der Waals surface area contributed by atoms with E-state index >= 15 is 0 Å². The van der Waals surface area contributed by atoms with E-state index in [-0.39, 0.29) is 6.10 Å². The summed E-state index contributed by atoms with van der Waals surface area (Å²) in [5, 5.41) is 0. The quantitative estimate of drug-likeness (QED) is 0.744. The molecule has 0 amide bonds. The van der Waals surface area contributed by atoms with Gasteiger partial charge in [0.25, 0.3) is 0 Å². The Balaban J connectivity index is 2.00. The van der Waals surface area contributed by atoms with Crippen LogP contribution < -0.4 is 0 Å². The minimum Gasteiger partial charge on any atom is -0.371 e. The summed E-state index contributed by atoms with van der Waals surface area (Å²) in [6.07, 6.45) is 8.22. The average molecular weight is 208 g/mol. The number of imidazole rings is 1. The molecule has 2 rings (SSSR count). The van der Waals surface area contributed by atoms with Gasteiger partial charge in [-0.25, -0.2) is 4.98 Å². The topological polar surface area (TPSA) is 27.1 Å². The van der Waals surface area contributed by atoms with E-state index < -0.39 is 0 Å². The highest BCUT2D eigenvalue weighted by molar-refractivity contribution is 4.96. The molecule has 1 aliphatic carbocycles. The molecule has 1 heterocycles. The molecule has 0 aliphatic heterocycles. The minimum absolute atomic E-state index is 0.116. The molecule has 15 heavy (non-hydrogen) atoms. The summed E-state index contributed by atoms with van der Waals surface area (Å²) < 4.78 is 7.83. The summed E-state index contributed by atoms with van der Waals surface area (Å²) in [4.78, 5) is 4.38. The third-order valence-corrected chi connectivity index (χ3v) is 3.21. The smallest absolute Gasteiger partial charge is 0.137 e. The van der Waals surface area contributed by atoms with E-state index in [1.165, 1.54) is 19.3 Å². The molecular weight excluding hydrogens is 188 g/mol. The first-order valence-electron chi connectivity index (χ1n) is 5.94. The number of aromatic nitrogens is 2. The van der Waals surface area contributed by atoms with Crippen molar-refractivity contribution in [1.82, 2.24) is 9.55 Å². The second-order valence-electron chi connectivity index (χ2n) is 4.33. The van der Waals surface area contributed by atoms with Crippen molar-refractivity contribution in [3.8, 4) is 0 Å². The van der Waals surface area contributed by atoms with Crippen LogP contribution in [0.3, 0.4) is 0 Å². The largest absolute Gasteiger partial charge is 0.371 e. The maximum atomic E-state index is 5.58. The van der Waals surface area contributed by atoms with Crippen LogP contribution in [0, 0.1) is 5.92 Å². The third kappa shape index (κ3) is 2.40. The number of nitrogens with zero attached hydrogens (tertiary/aromatic N) is 2. The summed E-state index contributed by atoms with van der Waals surface area (Å²) >= 11 is 0. The monoisotopic (exact) mass is 208 g/mol. The average Bonchev–Trinajstić information content (AvgIpc) is 2.59. The number of hydrogen-bond acceptors (Lipinski definition) is 2. The Morgan fingerprint density at radius 1 is 1.60 bits per heavy atom. The zero-order valence-corrected chi connectivity index (χ0v) is 9.65. The van der Waals surface area contributed by atoms with E-state index in [9.17, 15) is 0 Å². The van der Waals surface area contributed by atoms with Gasteiger partial charge in [0.15, 0.2) is 0 Å². The maximum absolute atomic E-state index is 5.58. The van der Waals surface area contributed by atoms with Crippen LogP contribution in [0.1, 0.15) is 45.0 Å². The van der Waals surface area contributed by atoms with Gasteiger partial charge in [-0.3, -0.25) is 0 Å². The van der Waals surface area contributed by atoms with E-state index in [0.717, 1.165) is 24.9 Å². The molecule has 0 radical (unpaired) electrons. The molecule has 1 atom stereocenters. The first-order chi connectivity index (χ1) is 7.31. The zero-order valence-electron chi connectivity index (χ0n) is 9.65. The van der Waals surface area contributed by atoms with E-state index in [4.69, 9.17) is 4.74 Å². The predicted molar refractivity (Wildman–Crippen MR) is 59.6 cm³/mol. The molecule has 0 bridgehead atoms. The molecule has 84 valence electrons. The van der Waals surface area contributed by atoms with Crippen molar-refractivity contribution in [1.29, 1.82) is 0 Å².